The van der Waals surface area contributed by atoms with Crippen LogP contribution in [0.4, 0.5) is 4.39 Å². The summed E-state index contributed by atoms with van der Waals surface area (Å²) in [6.45, 7) is 0. The van der Waals surface area contributed by atoms with Gasteiger partial charge in [-0.2, -0.15) is 0 Å². The fourth-order valence-electron chi connectivity index (χ4n) is 0.665. The predicted octanol–water partition coefficient (Wildman–Crippen LogP) is 1.23. The Morgan fingerprint density at radius 2 is 2.27 bits per heavy atom. The van der Waals surface area contributed by atoms with E-state index in [-0.39, 0.29) is 5.75 Å². The highest BCUT2D eigenvalue weighted by Gasteiger charge is 2.05. The highest BCUT2D eigenvalue weighted by atomic mass is 79.9. The predicted molar refractivity (Wildman–Crippen MR) is 44.1 cm³/mol. The largest absolute Gasteiger partial charge is 0.537 e. The molecule has 58 valence electrons. The lowest BCUT2D eigenvalue weighted by atomic mass is 10.3. The first-order valence-electron chi connectivity index (χ1n) is 2.93. The van der Waals surface area contributed by atoms with Gasteiger partial charge in [-0.15, -0.1) is 0 Å². The van der Waals surface area contributed by atoms with Crippen LogP contribution in [0.25, 0.3) is 0 Å². The zero-order valence-corrected chi connectivity index (χ0v) is 7.14. The van der Waals surface area contributed by atoms with Crippen LogP contribution < -0.4 is 4.65 Å². The number of benzene rings is 1. The molecule has 0 spiro atoms. The summed E-state index contributed by atoms with van der Waals surface area (Å²) in [7, 11) is -0.520. The van der Waals surface area contributed by atoms with Crippen molar-refractivity contribution >= 4 is 23.6 Å². The van der Waals surface area contributed by atoms with E-state index in [2.05, 4.69) is 20.6 Å². The molecular formula is C6H5BBrFO2. The molecule has 0 aliphatic heterocycles. The van der Waals surface area contributed by atoms with Crippen molar-refractivity contribution in [1.29, 1.82) is 0 Å². The number of rotatable bonds is 2. The summed E-state index contributed by atoms with van der Waals surface area (Å²) in [5.74, 6) is -0.455. The summed E-state index contributed by atoms with van der Waals surface area (Å²) in [4.78, 5) is 0. The molecule has 1 aromatic carbocycles. The Morgan fingerprint density at radius 1 is 1.55 bits per heavy atom. The van der Waals surface area contributed by atoms with Crippen molar-refractivity contribution in [2.45, 2.75) is 0 Å². The second-order valence-electron chi connectivity index (χ2n) is 1.83. The van der Waals surface area contributed by atoms with Crippen molar-refractivity contribution < 1.29 is 14.1 Å². The number of hydrogen-bond donors (Lipinski definition) is 1. The smallest absolute Gasteiger partial charge is 0.504 e. The maximum Gasteiger partial charge on any atom is 0.504 e. The molecule has 0 radical (unpaired) electrons. The molecule has 1 N–H and O–H groups in total. The zero-order valence-electron chi connectivity index (χ0n) is 5.55. The first kappa shape index (κ1) is 8.55. The van der Waals surface area contributed by atoms with Crippen molar-refractivity contribution in [2.75, 3.05) is 0 Å². The van der Waals surface area contributed by atoms with Gasteiger partial charge in [0.1, 0.15) is 5.75 Å². The van der Waals surface area contributed by atoms with E-state index < -0.39 is 13.5 Å². The quantitative estimate of drug-likeness (QED) is 0.757. The molecule has 0 unspecified atom stereocenters. The first-order chi connectivity index (χ1) is 5.25. The van der Waals surface area contributed by atoms with Crippen LogP contribution in [-0.4, -0.2) is 12.7 Å². The van der Waals surface area contributed by atoms with Gasteiger partial charge in [0.05, 0.1) is 4.47 Å². The van der Waals surface area contributed by atoms with Crippen LogP contribution in [0.1, 0.15) is 0 Å². The molecule has 0 bridgehead atoms. The lowest BCUT2D eigenvalue weighted by Gasteiger charge is -2.03. The maximum absolute atomic E-state index is 12.9. The minimum atomic E-state index is -0.520. The van der Waals surface area contributed by atoms with Gasteiger partial charge < -0.3 is 9.68 Å². The van der Waals surface area contributed by atoms with E-state index in [9.17, 15) is 4.39 Å². The Kier molecular flexibility index (Phi) is 2.90. The van der Waals surface area contributed by atoms with Gasteiger partial charge in [0.2, 0.25) is 0 Å². The fourth-order valence-corrected chi connectivity index (χ4v) is 1.01. The van der Waals surface area contributed by atoms with Gasteiger partial charge in [0.25, 0.3) is 0 Å². The summed E-state index contributed by atoms with van der Waals surface area (Å²) in [6.07, 6.45) is 0. The normalized spacial score (nSPS) is 9.36. The lowest BCUT2D eigenvalue weighted by Crippen LogP contribution is -2.01. The summed E-state index contributed by atoms with van der Waals surface area (Å²) < 4.78 is 17.8. The van der Waals surface area contributed by atoms with E-state index in [4.69, 9.17) is 5.02 Å². The van der Waals surface area contributed by atoms with Gasteiger partial charge in [-0.05, 0) is 28.1 Å². The summed E-state index contributed by atoms with van der Waals surface area (Å²) in [5.41, 5.74) is 0. The summed E-state index contributed by atoms with van der Waals surface area (Å²) >= 11 is 2.98. The molecule has 0 aliphatic rings. The van der Waals surface area contributed by atoms with E-state index in [0.717, 1.165) is 0 Å². The molecule has 11 heavy (non-hydrogen) atoms. The van der Waals surface area contributed by atoms with Gasteiger partial charge in [-0.25, -0.2) is 4.39 Å². The molecular weight excluding hydrogens is 214 g/mol. The van der Waals surface area contributed by atoms with E-state index >= 15 is 0 Å². The third-order valence-electron chi connectivity index (χ3n) is 1.14. The van der Waals surface area contributed by atoms with Crippen LogP contribution in [-0.2, 0) is 0 Å². The third-order valence-corrected chi connectivity index (χ3v) is 1.75. The Balaban J connectivity index is 2.96. The number of hydrogen-bond acceptors (Lipinski definition) is 2. The van der Waals surface area contributed by atoms with Crippen LogP contribution >= 0.6 is 15.9 Å². The minimum Gasteiger partial charge on any atom is -0.537 e. The van der Waals surface area contributed by atoms with Crippen molar-refractivity contribution in [1.82, 2.24) is 0 Å². The molecule has 0 atom stereocenters. The minimum absolute atomic E-state index is 0.0434. The van der Waals surface area contributed by atoms with E-state index in [1.807, 2.05) is 0 Å². The zero-order chi connectivity index (χ0) is 8.27. The Hall–Kier alpha value is -0.545. The Bertz CT molecular complexity index is 256. The topological polar surface area (TPSA) is 29.5 Å². The van der Waals surface area contributed by atoms with Gasteiger partial charge in [-0.3, -0.25) is 0 Å². The second kappa shape index (κ2) is 3.73. The van der Waals surface area contributed by atoms with Gasteiger partial charge >= 0.3 is 7.69 Å². The molecule has 5 heteroatoms. The van der Waals surface area contributed by atoms with Crippen LogP contribution in [0.15, 0.2) is 22.7 Å². The van der Waals surface area contributed by atoms with Gasteiger partial charge in [-0.1, -0.05) is 6.07 Å². The molecule has 0 heterocycles. The van der Waals surface area contributed by atoms with Crippen LogP contribution in [0.3, 0.4) is 0 Å². The Labute approximate surface area is 72.4 Å². The van der Waals surface area contributed by atoms with E-state index in [1.54, 1.807) is 12.1 Å². The van der Waals surface area contributed by atoms with Crippen LogP contribution in [0.5, 0.6) is 5.75 Å². The lowest BCUT2D eigenvalue weighted by molar-refractivity contribution is 0.430. The van der Waals surface area contributed by atoms with Crippen molar-refractivity contribution in [2.24, 2.45) is 0 Å². The molecule has 0 aliphatic carbocycles. The maximum atomic E-state index is 12.9. The van der Waals surface area contributed by atoms with E-state index in [1.165, 1.54) is 6.07 Å². The summed E-state index contributed by atoms with van der Waals surface area (Å²) in [6, 6.07) is 4.62. The highest BCUT2D eigenvalue weighted by molar-refractivity contribution is 9.10. The molecule has 0 amide bonds. The average molecular weight is 219 g/mol. The van der Waals surface area contributed by atoms with Gasteiger partial charge in [0, 0.05) is 0 Å². The molecule has 0 saturated carbocycles. The molecule has 1 rings (SSSR count). The van der Waals surface area contributed by atoms with Crippen molar-refractivity contribution in [3.05, 3.63) is 28.5 Å². The van der Waals surface area contributed by atoms with Crippen molar-refractivity contribution in [3.8, 4) is 5.75 Å². The third kappa shape index (κ3) is 1.94. The van der Waals surface area contributed by atoms with Crippen molar-refractivity contribution in [3.63, 3.8) is 0 Å². The summed E-state index contributed by atoms with van der Waals surface area (Å²) in [5, 5.41) is 8.33. The molecule has 0 saturated heterocycles. The monoisotopic (exact) mass is 218 g/mol. The standard InChI is InChI=1S/C6H5BBrFO2/c8-4-2-1-3-5(6(4)9)11-7-10/h1-3,7,10H. The van der Waals surface area contributed by atoms with Gasteiger partial charge in [0.15, 0.2) is 5.82 Å². The molecule has 2 nitrogen and oxygen atoms in total. The highest BCUT2D eigenvalue weighted by Crippen LogP contribution is 2.23. The van der Waals surface area contributed by atoms with Crippen LogP contribution in [0, 0.1) is 5.82 Å². The number of halogens is 2. The van der Waals surface area contributed by atoms with Crippen LogP contribution in [0.2, 0.25) is 0 Å². The second-order valence-corrected chi connectivity index (χ2v) is 2.68. The SMILES string of the molecule is OBOc1cccc(Br)c1F. The fraction of sp³-hybridized carbons (Fsp3) is 0. The van der Waals surface area contributed by atoms with E-state index in [0.29, 0.717) is 4.47 Å². The molecule has 1 aromatic rings. The molecule has 0 aromatic heterocycles. The first-order valence-corrected chi connectivity index (χ1v) is 3.72. The Morgan fingerprint density at radius 3 is 2.91 bits per heavy atom. The average Bonchev–Trinajstić information content (AvgIpc) is 1.99. The molecule has 0 fully saturated rings.